The third-order valence-electron chi connectivity index (χ3n) is 4.81. The number of likely N-dealkylation sites (tertiary alicyclic amines) is 1. The highest BCUT2D eigenvalue weighted by atomic mass is 16.6. The average Bonchev–Trinajstić information content (AvgIpc) is 3.12. The standard InChI is InChI=1S/C19H18N4O3/c24-19(13-5-3-7-15(11-13)23(25)26)22-10-4-6-14(12-22)18-20-16-8-1-2-9-17(16)21-18/h1-3,5,7-9,11,14H,4,6,10,12H2,(H,20,21)/t14-/m1/s1. The molecule has 0 radical (unpaired) electrons. The number of hydrogen-bond donors (Lipinski definition) is 1. The zero-order chi connectivity index (χ0) is 18.1. The molecule has 3 aromatic rings. The molecule has 0 aliphatic carbocycles. The molecule has 0 unspecified atom stereocenters. The molecule has 2 heterocycles. The molecule has 4 rings (SSSR count). The van der Waals surface area contributed by atoms with Crippen LogP contribution in [0.1, 0.15) is 34.9 Å². The van der Waals surface area contributed by atoms with E-state index in [2.05, 4.69) is 9.97 Å². The molecule has 1 amide bonds. The highest BCUT2D eigenvalue weighted by molar-refractivity contribution is 5.95. The van der Waals surface area contributed by atoms with Crippen LogP contribution >= 0.6 is 0 Å². The van der Waals surface area contributed by atoms with Crippen LogP contribution in [0.25, 0.3) is 11.0 Å². The van der Waals surface area contributed by atoms with Gasteiger partial charge < -0.3 is 9.88 Å². The number of carbonyl (C=O) groups excluding carboxylic acids is 1. The van der Waals surface area contributed by atoms with E-state index in [4.69, 9.17) is 0 Å². The molecule has 0 spiro atoms. The van der Waals surface area contributed by atoms with Crippen molar-refractivity contribution in [1.82, 2.24) is 14.9 Å². The number of nitro benzene ring substituents is 1. The summed E-state index contributed by atoms with van der Waals surface area (Å²) in [6.45, 7) is 1.21. The number of hydrogen-bond acceptors (Lipinski definition) is 4. The van der Waals surface area contributed by atoms with Gasteiger partial charge in [-0.1, -0.05) is 18.2 Å². The van der Waals surface area contributed by atoms with E-state index >= 15 is 0 Å². The summed E-state index contributed by atoms with van der Waals surface area (Å²) < 4.78 is 0. The van der Waals surface area contributed by atoms with E-state index in [0.29, 0.717) is 18.7 Å². The summed E-state index contributed by atoms with van der Waals surface area (Å²) in [5, 5.41) is 10.9. The molecule has 0 bridgehead atoms. The van der Waals surface area contributed by atoms with Gasteiger partial charge in [0.05, 0.1) is 16.0 Å². The Morgan fingerprint density at radius 1 is 1.23 bits per heavy atom. The molecular weight excluding hydrogens is 332 g/mol. The lowest BCUT2D eigenvalue weighted by molar-refractivity contribution is -0.384. The van der Waals surface area contributed by atoms with E-state index in [-0.39, 0.29) is 17.5 Å². The Balaban J connectivity index is 1.55. The fraction of sp³-hybridized carbons (Fsp3) is 0.263. The number of benzene rings is 2. The molecule has 0 saturated carbocycles. The van der Waals surface area contributed by atoms with Crippen LogP contribution in [0.4, 0.5) is 5.69 Å². The first-order valence-electron chi connectivity index (χ1n) is 8.60. The maximum Gasteiger partial charge on any atom is 0.270 e. The van der Waals surface area contributed by atoms with Gasteiger partial charge in [0.1, 0.15) is 5.82 Å². The largest absolute Gasteiger partial charge is 0.342 e. The molecule has 1 aliphatic rings. The van der Waals surface area contributed by atoms with Crippen molar-refractivity contribution in [2.45, 2.75) is 18.8 Å². The van der Waals surface area contributed by atoms with E-state index in [0.717, 1.165) is 29.7 Å². The molecule has 7 heteroatoms. The Hall–Kier alpha value is -3.22. The average molecular weight is 350 g/mol. The van der Waals surface area contributed by atoms with Gasteiger partial charge in [-0.15, -0.1) is 0 Å². The fourth-order valence-electron chi connectivity index (χ4n) is 3.49. The molecule has 1 saturated heterocycles. The van der Waals surface area contributed by atoms with E-state index in [1.807, 2.05) is 24.3 Å². The lowest BCUT2D eigenvalue weighted by Crippen LogP contribution is -2.39. The Bertz CT molecular complexity index is 949. The summed E-state index contributed by atoms with van der Waals surface area (Å²) in [7, 11) is 0. The van der Waals surface area contributed by atoms with Crippen LogP contribution in [0.3, 0.4) is 0 Å². The number of non-ortho nitro benzene ring substituents is 1. The van der Waals surface area contributed by atoms with Crippen molar-refractivity contribution in [2.24, 2.45) is 0 Å². The highest BCUT2D eigenvalue weighted by Crippen LogP contribution is 2.28. The van der Waals surface area contributed by atoms with E-state index in [1.165, 1.54) is 12.1 Å². The van der Waals surface area contributed by atoms with Crippen molar-refractivity contribution in [2.75, 3.05) is 13.1 Å². The molecule has 1 aromatic heterocycles. The van der Waals surface area contributed by atoms with E-state index in [1.54, 1.807) is 17.0 Å². The number of rotatable bonds is 3. The maximum absolute atomic E-state index is 12.8. The predicted octanol–water partition coefficient (Wildman–Crippen LogP) is 3.49. The first-order valence-corrected chi connectivity index (χ1v) is 8.60. The summed E-state index contributed by atoms with van der Waals surface area (Å²) >= 11 is 0. The Morgan fingerprint density at radius 2 is 2.08 bits per heavy atom. The topological polar surface area (TPSA) is 92.1 Å². The van der Waals surface area contributed by atoms with E-state index < -0.39 is 4.92 Å². The number of fused-ring (bicyclic) bond motifs is 1. The summed E-state index contributed by atoms with van der Waals surface area (Å²) in [5.74, 6) is 0.857. The van der Waals surface area contributed by atoms with Crippen molar-refractivity contribution in [1.29, 1.82) is 0 Å². The molecule has 1 atom stereocenters. The number of aromatic nitrogens is 2. The molecule has 7 nitrogen and oxygen atoms in total. The van der Waals surface area contributed by atoms with Crippen LogP contribution in [-0.4, -0.2) is 38.8 Å². The van der Waals surface area contributed by atoms with Gasteiger partial charge >= 0.3 is 0 Å². The van der Waals surface area contributed by atoms with Gasteiger partial charge in [0.25, 0.3) is 11.6 Å². The number of para-hydroxylation sites is 2. The first kappa shape index (κ1) is 16.3. The monoisotopic (exact) mass is 350 g/mol. The number of aromatic amines is 1. The quantitative estimate of drug-likeness (QED) is 0.578. The fourth-order valence-corrected chi connectivity index (χ4v) is 3.49. The van der Waals surface area contributed by atoms with Crippen LogP contribution in [-0.2, 0) is 0 Å². The lowest BCUT2D eigenvalue weighted by Gasteiger charge is -2.31. The summed E-state index contributed by atoms with van der Waals surface area (Å²) in [6, 6.07) is 13.8. The van der Waals surface area contributed by atoms with Gasteiger partial charge in [-0.05, 0) is 31.0 Å². The molecule has 26 heavy (non-hydrogen) atoms. The maximum atomic E-state index is 12.8. The Morgan fingerprint density at radius 3 is 2.88 bits per heavy atom. The Labute approximate surface area is 149 Å². The van der Waals surface area contributed by atoms with Crippen molar-refractivity contribution < 1.29 is 9.72 Å². The van der Waals surface area contributed by atoms with Crippen molar-refractivity contribution >= 4 is 22.6 Å². The third kappa shape index (κ3) is 3.03. The number of H-pyrrole nitrogens is 1. The summed E-state index contributed by atoms with van der Waals surface area (Å²) in [4.78, 5) is 33.0. The minimum absolute atomic E-state index is 0.0679. The molecule has 2 aromatic carbocycles. The van der Waals surface area contributed by atoms with Gasteiger partial charge in [-0.3, -0.25) is 14.9 Å². The van der Waals surface area contributed by atoms with Gasteiger partial charge in [0.2, 0.25) is 0 Å². The minimum atomic E-state index is -0.482. The number of carbonyl (C=O) groups is 1. The number of amides is 1. The summed E-state index contributed by atoms with van der Waals surface area (Å²) in [5.41, 5.74) is 2.19. The third-order valence-corrected chi connectivity index (χ3v) is 4.81. The molecular formula is C19H18N4O3. The second-order valence-corrected chi connectivity index (χ2v) is 6.54. The van der Waals surface area contributed by atoms with Gasteiger partial charge in [0, 0.05) is 36.7 Å². The molecule has 1 aliphatic heterocycles. The number of imidazole rings is 1. The number of nitrogens with zero attached hydrogens (tertiary/aromatic N) is 3. The lowest BCUT2D eigenvalue weighted by atomic mass is 9.96. The molecule has 132 valence electrons. The van der Waals surface area contributed by atoms with Crippen LogP contribution in [0.15, 0.2) is 48.5 Å². The molecule has 1 N–H and O–H groups in total. The normalized spacial score (nSPS) is 17.4. The SMILES string of the molecule is O=C(c1cccc([N+](=O)[O-])c1)N1CCC[C@@H](c2nc3ccccc3[nH]2)C1. The van der Waals surface area contributed by atoms with Crippen molar-refractivity contribution in [3.05, 3.63) is 70.0 Å². The predicted molar refractivity (Wildman–Crippen MR) is 97.1 cm³/mol. The minimum Gasteiger partial charge on any atom is -0.342 e. The van der Waals surface area contributed by atoms with Crippen LogP contribution in [0, 0.1) is 10.1 Å². The van der Waals surface area contributed by atoms with Gasteiger partial charge in [-0.2, -0.15) is 0 Å². The second kappa shape index (κ2) is 6.59. The number of nitro groups is 1. The van der Waals surface area contributed by atoms with Crippen LogP contribution < -0.4 is 0 Å². The number of nitrogens with one attached hydrogen (secondary N) is 1. The number of piperidine rings is 1. The Kier molecular flexibility index (Phi) is 4.12. The second-order valence-electron chi connectivity index (χ2n) is 6.54. The first-order chi connectivity index (χ1) is 12.6. The van der Waals surface area contributed by atoms with Gasteiger partial charge in [-0.25, -0.2) is 4.98 Å². The van der Waals surface area contributed by atoms with Gasteiger partial charge in [0.15, 0.2) is 0 Å². The van der Waals surface area contributed by atoms with E-state index in [9.17, 15) is 14.9 Å². The molecule has 1 fully saturated rings. The van der Waals surface area contributed by atoms with Crippen LogP contribution in [0.2, 0.25) is 0 Å². The summed E-state index contributed by atoms with van der Waals surface area (Å²) in [6.07, 6.45) is 1.83. The smallest absolute Gasteiger partial charge is 0.270 e. The zero-order valence-electron chi connectivity index (χ0n) is 14.1. The highest BCUT2D eigenvalue weighted by Gasteiger charge is 2.28. The van der Waals surface area contributed by atoms with Crippen LogP contribution in [0.5, 0.6) is 0 Å². The zero-order valence-corrected chi connectivity index (χ0v) is 14.1. The van der Waals surface area contributed by atoms with Crippen molar-refractivity contribution in [3.63, 3.8) is 0 Å². The van der Waals surface area contributed by atoms with Crippen molar-refractivity contribution in [3.8, 4) is 0 Å².